The smallest absolute Gasteiger partial charge is 0.228 e. The molecule has 11 aromatic carbocycles. The van der Waals surface area contributed by atoms with Crippen LogP contribution in [-0.4, -0.2) is 9.97 Å². The van der Waals surface area contributed by atoms with Crippen LogP contribution in [-0.2, 0) is 0 Å². The maximum absolute atomic E-state index is 6.12. The monoisotopic (exact) mass is 736 g/mol. The molecule has 0 aliphatic carbocycles. The molecule has 0 spiro atoms. The van der Waals surface area contributed by atoms with Crippen molar-refractivity contribution in [3.8, 4) is 44.8 Å². The summed E-state index contributed by atoms with van der Waals surface area (Å²) < 4.78 is 6.12. The molecule has 0 N–H and O–H groups in total. The van der Waals surface area contributed by atoms with Crippen molar-refractivity contribution in [3.05, 3.63) is 182 Å². The fourth-order valence-electron chi connectivity index (χ4n) is 10.1. The molecule has 3 heteroatoms. The lowest BCUT2D eigenvalue weighted by molar-refractivity contribution is 0.619. The van der Waals surface area contributed by atoms with Gasteiger partial charge < -0.3 is 4.42 Å². The molecule has 3 nitrogen and oxygen atoms in total. The standard InChI is InChI=1S/C55H32N2O/c1-31-22-29-46-54(56-31)57-55(58-46)35-25-23-32(24-26-35)36-27-28-43-49-39(36)18-10-21-42(49)53-48(34-14-6-3-7-15-34)51-41-20-11-19-40-37-16-8-9-17-38(37)44(50(40)41)30-45(51)47(52(43)53)33-12-4-2-5-13-33/h2-30H,1H3. The van der Waals surface area contributed by atoms with Gasteiger partial charge in [-0.05, 0) is 146 Å². The predicted molar refractivity (Wildman–Crippen MR) is 243 cm³/mol. The van der Waals surface area contributed by atoms with Gasteiger partial charge in [0.25, 0.3) is 0 Å². The van der Waals surface area contributed by atoms with Gasteiger partial charge in [0.1, 0.15) is 0 Å². The van der Waals surface area contributed by atoms with Crippen LogP contribution in [0.15, 0.2) is 180 Å². The molecule has 0 radical (unpaired) electrons. The lowest BCUT2D eigenvalue weighted by Gasteiger charge is -2.19. The highest BCUT2D eigenvalue weighted by atomic mass is 16.3. The zero-order valence-corrected chi connectivity index (χ0v) is 31.5. The van der Waals surface area contributed by atoms with Crippen molar-refractivity contribution in [2.24, 2.45) is 0 Å². The second kappa shape index (κ2) is 11.7. The van der Waals surface area contributed by atoms with E-state index in [1.807, 2.05) is 19.1 Å². The van der Waals surface area contributed by atoms with Gasteiger partial charge in [0.15, 0.2) is 11.2 Å². The number of hydrogen-bond donors (Lipinski definition) is 0. The normalized spacial score (nSPS) is 12.2. The van der Waals surface area contributed by atoms with E-state index in [-0.39, 0.29) is 0 Å². The van der Waals surface area contributed by atoms with E-state index in [0.29, 0.717) is 17.1 Å². The van der Waals surface area contributed by atoms with E-state index in [4.69, 9.17) is 9.40 Å². The van der Waals surface area contributed by atoms with Crippen LogP contribution >= 0.6 is 0 Å². The molecular weight excluding hydrogens is 705 g/mol. The number of nitrogens with zero attached hydrogens (tertiary/aromatic N) is 2. The van der Waals surface area contributed by atoms with Gasteiger partial charge in [-0.15, -0.1) is 0 Å². The van der Waals surface area contributed by atoms with Gasteiger partial charge in [-0.25, -0.2) is 4.98 Å². The second-order valence-corrected chi connectivity index (χ2v) is 15.6. The van der Waals surface area contributed by atoms with E-state index in [0.717, 1.165) is 16.8 Å². The highest BCUT2D eigenvalue weighted by molar-refractivity contribution is 6.45. The number of aromatic nitrogens is 2. The Labute approximate surface area is 333 Å². The van der Waals surface area contributed by atoms with Crippen molar-refractivity contribution in [1.82, 2.24) is 9.97 Å². The third-order valence-electron chi connectivity index (χ3n) is 12.5. The molecule has 2 heterocycles. The van der Waals surface area contributed by atoms with Gasteiger partial charge in [-0.1, -0.05) is 146 Å². The zero-order chi connectivity index (χ0) is 38.1. The number of aryl methyl sites for hydroxylation is 1. The first-order chi connectivity index (χ1) is 28.7. The molecule has 2 aromatic heterocycles. The first kappa shape index (κ1) is 31.6. The number of benzene rings is 9. The number of hydrogen-bond acceptors (Lipinski definition) is 3. The summed E-state index contributed by atoms with van der Waals surface area (Å²) >= 11 is 0. The van der Waals surface area contributed by atoms with Gasteiger partial charge >= 0.3 is 0 Å². The maximum Gasteiger partial charge on any atom is 0.228 e. The highest BCUT2D eigenvalue weighted by Gasteiger charge is 2.27. The Kier molecular flexibility index (Phi) is 6.37. The van der Waals surface area contributed by atoms with Crippen LogP contribution in [0.2, 0.25) is 0 Å². The first-order valence-corrected chi connectivity index (χ1v) is 19.9. The van der Waals surface area contributed by atoms with Crippen molar-refractivity contribution in [2.45, 2.75) is 6.92 Å². The summed E-state index contributed by atoms with van der Waals surface area (Å²) in [6.07, 6.45) is 0. The summed E-state index contributed by atoms with van der Waals surface area (Å²) in [6, 6.07) is 64.5. The average Bonchev–Trinajstić information content (AvgIpc) is 3.95. The SMILES string of the molecule is Cc1ccc2oc(-c3ccc(-c4ccc5c6c(-c7ccccc7)c7cc8c9ccccc9c9cccc(c7c(-c7ccccc7)c6c6cccc4c56)c98)cc3)nc2n1. The second-order valence-electron chi connectivity index (χ2n) is 15.6. The number of fused-ring (bicyclic) bond motifs is 9. The van der Waals surface area contributed by atoms with E-state index >= 15 is 0 Å². The largest absolute Gasteiger partial charge is 0.434 e. The fourth-order valence-corrected chi connectivity index (χ4v) is 10.1. The molecule has 0 aliphatic heterocycles. The Morgan fingerprint density at radius 1 is 0.345 bits per heavy atom. The first-order valence-electron chi connectivity index (χ1n) is 19.9. The minimum Gasteiger partial charge on any atom is -0.434 e. The molecule has 268 valence electrons. The van der Waals surface area contributed by atoms with Crippen molar-refractivity contribution >= 4 is 86.6 Å². The van der Waals surface area contributed by atoms with Gasteiger partial charge in [-0.2, -0.15) is 4.98 Å². The fraction of sp³-hybridized carbons (Fsp3) is 0.0182. The summed E-state index contributed by atoms with van der Waals surface area (Å²) in [4.78, 5) is 9.27. The van der Waals surface area contributed by atoms with E-state index < -0.39 is 0 Å². The van der Waals surface area contributed by atoms with Crippen molar-refractivity contribution in [3.63, 3.8) is 0 Å². The molecule has 0 fully saturated rings. The molecule has 13 rings (SSSR count). The maximum atomic E-state index is 6.12. The Bertz CT molecular complexity index is 3770. The van der Waals surface area contributed by atoms with Crippen LogP contribution in [0.3, 0.4) is 0 Å². The summed E-state index contributed by atoms with van der Waals surface area (Å²) in [5.74, 6) is 0.579. The topological polar surface area (TPSA) is 38.9 Å². The number of pyridine rings is 1. The van der Waals surface area contributed by atoms with E-state index in [9.17, 15) is 0 Å². The summed E-state index contributed by atoms with van der Waals surface area (Å²) in [7, 11) is 0. The lowest BCUT2D eigenvalue weighted by Crippen LogP contribution is -1.91. The highest BCUT2D eigenvalue weighted by Crippen LogP contribution is 2.55. The lowest BCUT2D eigenvalue weighted by atomic mass is 9.84. The number of oxazole rings is 1. The Hall–Kier alpha value is -7.62. The molecule has 0 aliphatic rings. The van der Waals surface area contributed by atoms with Crippen LogP contribution in [0.1, 0.15) is 5.69 Å². The van der Waals surface area contributed by atoms with Gasteiger partial charge in [0.2, 0.25) is 5.89 Å². The summed E-state index contributed by atoms with van der Waals surface area (Å²) in [6.45, 7) is 1.97. The van der Waals surface area contributed by atoms with Crippen LogP contribution in [0.5, 0.6) is 0 Å². The van der Waals surface area contributed by atoms with E-state index in [2.05, 4.69) is 169 Å². The molecule has 58 heavy (non-hydrogen) atoms. The zero-order valence-electron chi connectivity index (χ0n) is 31.5. The van der Waals surface area contributed by atoms with Gasteiger partial charge in [-0.3, -0.25) is 0 Å². The molecule has 0 bridgehead atoms. The Balaban J connectivity index is 1.16. The van der Waals surface area contributed by atoms with Gasteiger partial charge in [0, 0.05) is 11.3 Å². The molecular formula is C55H32N2O. The van der Waals surface area contributed by atoms with Crippen LogP contribution < -0.4 is 0 Å². The summed E-state index contributed by atoms with van der Waals surface area (Å²) in [5.41, 5.74) is 10.6. The van der Waals surface area contributed by atoms with Crippen LogP contribution in [0, 0.1) is 6.92 Å². The molecule has 0 saturated heterocycles. The number of rotatable bonds is 4. The van der Waals surface area contributed by atoms with Crippen molar-refractivity contribution < 1.29 is 4.42 Å². The van der Waals surface area contributed by atoms with Crippen LogP contribution in [0.25, 0.3) is 131 Å². The third-order valence-corrected chi connectivity index (χ3v) is 12.5. The quantitative estimate of drug-likeness (QED) is 0.169. The van der Waals surface area contributed by atoms with Gasteiger partial charge in [0.05, 0.1) is 0 Å². The third kappa shape index (κ3) is 4.28. The molecule has 13 aromatic rings. The summed E-state index contributed by atoms with van der Waals surface area (Å²) in [5, 5.41) is 18.2. The average molecular weight is 737 g/mol. The van der Waals surface area contributed by atoms with Crippen molar-refractivity contribution in [2.75, 3.05) is 0 Å². The van der Waals surface area contributed by atoms with Crippen molar-refractivity contribution in [1.29, 1.82) is 0 Å². The Morgan fingerprint density at radius 3 is 1.67 bits per heavy atom. The van der Waals surface area contributed by atoms with E-state index in [1.54, 1.807) is 0 Å². The Morgan fingerprint density at radius 2 is 0.914 bits per heavy atom. The van der Waals surface area contributed by atoms with E-state index in [1.165, 1.54) is 103 Å². The molecule has 0 saturated carbocycles. The van der Waals surface area contributed by atoms with Crippen LogP contribution in [0.4, 0.5) is 0 Å². The predicted octanol–water partition coefficient (Wildman–Crippen LogP) is 15.1. The molecule has 0 atom stereocenters. The minimum atomic E-state index is 0.579. The molecule has 0 amide bonds. The molecule has 0 unspecified atom stereocenters. The minimum absolute atomic E-state index is 0.579.